The molecule has 0 aliphatic rings. The third-order valence-electron chi connectivity index (χ3n) is 11.6. The summed E-state index contributed by atoms with van der Waals surface area (Å²) in [5, 5.41) is 33.2. The van der Waals surface area contributed by atoms with Crippen LogP contribution in [0.3, 0.4) is 0 Å². The molecule has 0 aromatic carbocycles. The van der Waals surface area contributed by atoms with Gasteiger partial charge < -0.3 is 20.6 Å². The lowest BCUT2D eigenvalue weighted by Crippen LogP contribution is -2.45. The smallest absolute Gasteiger partial charge is 0.220 e. The first kappa shape index (κ1) is 53.1. The molecule has 1 amide bonds. The molecular formula is C49H97NO4. The second-order valence-electron chi connectivity index (χ2n) is 17.1. The zero-order valence-corrected chi connectivity index (χ0v) is 36.6. The van der Waals surface area contributed by atoms with E-state index in [-0.39, 0.29) is 12.5 Å². The van der Waals surface area contributed by atoms with E-state index >= 15 is 0 Å². The third-order valence-corrected chi connectivity index (χ3v) is 11.6. The molecular weight excluding hydrogens is 667 g/mol. The number of nitrogens with one attached hydrogen (secondary N) is 1. The quantitative estimate of drug-likeness (QED) is 0.0367. The number of aliphatic hydroxyl groups is 3. The van der Waals surface area contributed by atoms with Crippen LogP contribution in [0.4, 0.5) is 0 Å². The van der Waals surface area contributed by atoms with Crippen LogP contribution in [0.1, 0.15) is 271 Å². The van der Waals surface area contributed by atoms with Gasteiger partial charge in [-0.25, -0.2) is 0 Å². The summed E-state index contributed by atoms with van der Waals surface area (Å²) in [4.78, 5) is 12.4. The van der Waals surface area contributed by atoms with Crippen LogP contribution in [0.25, 0.3) is 0 Å². The maximum absolute atomic E-state index is 12.4. The zero-order chi connectivity index (χ0) is 39.4. The molecule has 0 spiro atoms. The summed E-state index contributed by atoms with van der Waals surface area (Å²) in [6.07, 6.45) is 53.7. The molecule has 0 aromatic heterocycles. The fourth-order valence-electron chi connectivity index (χ4n) is 7.79. The minimum Gasteiger partial charge on any atom is -0.394 e. The fraction of sp³-hybridized carbons (Fsp3) is 0.939. The third kappa shape index (κ3) is 40.7. The van der Waals surface area contributed by atoms with E-state index in [4.69, 9.17) is 0 Å². The van der Waals surface area contributed by atoms with E-state index in [2.05, 4.69) is 19.2 Å². The highest BCUT2D eigenvalue weighted by atomic mass is 16.3. The van der Waals surface area contributed by atoms with Gasteiger partial charge in [-0.3, -0.25) is 4.79 Å². The molecule has 0 unspecified atom stereocenters. The van der Waals surface area contributed by atoms with Crippen molar-refractivity contribution in [2.45, 2.75) is 289 Å². The van der Waals surface area contributed by atoms with Gasteiger partial charge in [-0.15, -0.1) is 0 Å². The van der Waals surface area contributed by atoms with Gasteiger partial charge in [0, 0.05) is 6.42 Å². The van der Waals surface area contributed by atoms with Gasteiger partial charge in [0.2, 0.25) is 5.91 Å². The molecule has 5 nitrogen and oxygen atoms in total. The second kappa shape index (κ2) is 44.8. The van der Waals surface area contributed by atoms with Crippen molar-refractivity contribution >= 4 is 5.91 Å². The number of carbonyl (C=O) groups excluding carboxylic acids is 1. The largest absolute Gasteiger partial charge is 0.394 e. The second-order valence-corrected chi connectivity index (χ2v) is 17.1. The van der Waals surface area contributed by atoms with Crippen LogP contribution in [-0.4, -0.2) is 46.1 Å². The van der Waals surface area contributed by atoms with Crippen LogP contribution < -0.4 is 5.32 Å². The lowest BCUT2D eigenvalue weighted by Gasteiger charge is -2.20. The normalized spacial score (nSPS) is 13.5. The minimum absolute atomic E-state index is 0.123. The Labute approximate surface area is 338 Å². The van der Waals surface area contributed by atoms with Gasteiger partial charge in [-0.1, -0.05) is 264 Å². The molecule has 0 aliphatic carbocycles. The number of hydrogen-bond acceptors (Lipinski definition) is 4. The summed E-state index contributed by atoms with van der Waals surface area (Å²) in [5.41, 5.74) is 0. The molecule has 54 heavy (non-hydrogen) atoms. The Morgan fingerprint density at radius 3 is 1.00 bits per heavy atom. The highest BCUT2D eigenvalue weighted by Crippen LogP contribution is 2.17. The highest BCUT2D eigenvalue weighted by Gasteiger charge is 2.18. The van der Waals surface area contributed by atoms with Crippen LogP contribution >= 0.6 is 0 Å². The number of amides is 1. The van der Waals surface area contributed by atoms with Gasteiger partial charge in [0.25, 0.3) is 0 Å². The Morgan fingerprint density at radius 2 is 0.704 bits per heavy atom. The Bertz CT molecular complexity index is 758. The summed E-state index contributed by atoms with van der Waals surface area (Å²) in [5.74, 6) is -0.123. The van der Waals surface area contributed by atoms with Crippen molar-refractivity contribution in [3.05, 3.63) is 12.2 Å². The van der Waals surface area contributed by atoms with Crippen molar-refractivity contribution in [3.63, 3.8) is 0 Å². The summed E-state index contributed by atoms with van der Waals surface area (Å²) in [6.45, 7) is 4.22. The fourth-order valence-corrected chi connectivity index (χ4v) is 7.79. The van der Waals surface area contributed by atoms with Gasteiger partial charge >= 0.3 is 0 Å². The topological polar surface area (TPSA) is 89.8 Å². The standard InChI is InChI=1S/C49H97NO4/c1-3-5-7-9-11-13-15-16-17-18-19-20-21-22-23-24-25-26-27-28-29-30-31-32-34-36-38-40-42-49(54)50-47(45-51)48(53)44-43-46(52)41-39-37-35-33-14-12-10-8-6-4-2/h43-44,46-48,51-53H,3-42,45H2,1-2H3,(H,50,54)/b44-43+/t46-,47+,48-/m1/s1. The number of hydrogen-bond donors (Lipinski definition) is 4. The zero-order valence-electron chi connectivity index (χ0n) is 36.6. The highest BCUT2D eigenvalue weighted by molar-refractivity contribution is 5.76. The van der Waals surface area contributed by atoms with Crippen LogP contribution in [-0.2, 0) is 4.79 Å². The van der Waals surface area contributed by atoms with Crippen molar-refractivity contribution < 1.29 is 20.1 Å². The molecule has 4 N–H and O–H groups in total. The molecule has 322 valence electrons. The molecule has 0 radical (unpaired) electrons. The van der Waals surface area contributed by atoms with Gasteiger partial charge in [0.1, 0.15) is 0 Å². The number of carbonyl (C=O) groups is 1. The lowest BCUT2D eigenvalue weighted by atomic mass is 10.0. The van der Waals surface area contributed by atoms with E-state index < -0.39 is 18.2 Å². The van der Waals surface area contributed by atoms with Gasteiger partial charge in [0.15, 0.2) is 0 Å². The van der Waals surface area contributed by atoms with E-state index in [1.807, 2.05) is 0 Å². The lowest BCUT2D eigenvalue weighted by molar-refractivity contribution is -0.123. The summed E-state index contributed by atoms with van der Waals surface area (Å²) in [7, 11) is 0. The summed E-state index contributed by atoms with van der Waals surface area (Å²) in [6, 6.07) is -0.739. The first-order valence-electron chi connectivity index (χ1n) is 24.5. The molecule has 0 aromatic rings. The number of rotatable bonds is 45. The van der Waals surface area contributed by atoms with Gasteiger partial charge in [0.05, 0.1) is 24.9 Å². The van der Waals surface area contributed by atoms with Crippen molar-refractivity contribution in [2.24, 2.45) is 0 Å². The van der Waals surface area contributed by atoms with Crippen molar-refractivity contribution in [2.75, 3.05) is 6.61 Å². The van der Waals surface area contributed by atoms with Crippen molar-refractivity contribution in [1.82, 2.24) is 5.32 Å². The van der Waals surface area contributed by atoms with E-state index in [9.17, 15) is 20.1 Å². The van der Waals surface area contributed by atoms with E-state index in [1.54, 1.807) is 6.08 Å². The average molecular weight is 764 g/mol. The summed E-state index contributed by atoms with van der Waals surface area (Å²) < 4.78 is 0. The molecule has 0 saturated heterocycles. The Kier molecular flexibility index (Phi) is 44.0. The molecule has 0 rings (SSSR count). The number of unbranched alkanes of at least 4 members (excludes halogenated alkanes) is 36. The SMILES string of the molecule is CCCCCCCCCCCCCCCCCCCCCCCCCCCCCCC(=O)N[C@@H](CO)[C@H](O)/C=C/[C@H](O)CCCCCCCCCCCC. The van der Waals surface area contributed by atoms with Crippen LogP contribution in [0.2, 0.25) is 0 Å². The van der Waals surface area contributed by atoms with E-state index in [0.29, 0.717) is 12.8 Å². The molecule has 3 atom stereocenters. The molecule has 0 aliphatic heterocycles. The minimum atomic E-state index is -1.01. The maximum atomic E-state index is 12.4. The van der Waals surface area contributed by atoms with Gasteiger partial charge in [-0.05, 0) is 12.8 Å². The predicted molar refractivity (Wildman–Crippen MR) is 236 cm³/mol. The first-order chi connectivity index (χ1) is 26.5. The van der Waals surface area contributed by atoms with Crippen LogP contribution in [0, 0.1) is 0 Å². The Hall–Kier alpha value is -0.910. The van der Waals surface area contributed by atoms with Crippen LogP contribution in [0.15, 0.2) is 12.2 Å². The van der Waals surface area contributed by atoms with Gasteiger partial charge in [-0.2, -0.15) is 0 Å². The Morgan fingerprint density at radius 1 is 0.426 bits per heavy atom. The molecule has 0 saturated carbocycles. The van der Waals surface area contributed by atoms with E-state index in [1.165, 1.54) is 218 Å². The van der Waals surface area contributed by atoms with Crippen molar-refractivity contribution in [3.8, 4) is 0 Å². The molecule has 0 fully saturated rings. The van der Waals surface area contributed by atoms with Crippen LogP contribution in [0.5, 0.6) is 0 Å². The monoisotopic (exact) mass is 764 g/mol. The molecule has 0 heterocycles. The predicted octanol–water partition coefficient (Wildman–Crippen LogP) is 14.4. The Balaban J connectivity index is 3.50. The average Bonchev–Trinajstić information content (AvgIpc) is 3.17. The van der Waals surface area contributed by atoms with Crippen molar-refractivity contribution in [1.29, 1.82) is 0 Å². The maximum Gasteiger partial charge on any atom is 0.220 e. The van der Waals surface area contributed by atoms with E-state index in [0.717, 1.165) is 32.1 Å². The molecule has 0 bridgehead atoms. The summed E-state index contributed by atoms with van der Waals surface area (Å²) >= 11 is 0. The number of aliphatic hydroxyl groups excluding tert-OH is 3. The first-order valence-corrected chi connectivity index (χ1v) is 24.5. The molecule has 5 heteroatoms.